The van der Waals surface area contributed by atoms with Crippen LogP contribution in [0.4, 0.5) is 5.69 Å². The van der Waals surface area contributed by atoms with Gasteiger partial charge in [0.15, 0.2) is 0 Å². The van der Waals surface area contributed by atoms with E-state index >= 15 is 0 Å². The van der Waals surface area contributed by atoms with E-state index in [0.717, 1.165) is 63.4 Å². The van der Waals surface area contributed by atoms with Gasteiger partial charge in [0.05, 0.1) is 11.9 Å². The topological polar surface area (TPSA) is 89.9 Å². The van der Waals surface area contributed by atoms with Gasteiger partial charge in [-0.25, -0.2) is 8.42 Å². The molecule has 0 aromatic heterocycles. The molecule has 0 radical (unpaired) electrons. The molecular weight excluding hydrogens is 376 g/mol. The van der Waals surface area contributed by atoms with E-state index in [1.165, 1.54) is 0 Å². The summed E-state index contributed by atoms with van der Waals surface area (Å²) in [6.45, 7) is 7.43. The molecule has 1 atom stereocenters. The molecule has 0 fully saturated rings. The predicted octanol–water partition coefficient (Wildman–Crippen LogP) is 3.35. The number of sulfonamides is 1. The van der Waals surface area contributed by atoms with Crippen LogP contribution in [0.2, 0.25) is 0 Å². The minimum atomic E-state index is -3.25. The van der Waals surface area contributed by atoms with Crippen LogP contribution in [0.25, 0.3) is 0 Å². The average molecular weight is 415 g/mol. The maximum atomic E-state index is 11.2. The maximum absolute atomic E-state index is 11.2. The fourth-order valence-electron chi connectivity index (χ4n) is 3.19. The molecule has 0 saturated carbocycles. The van der Waals surface area contributed by atoms with Crippen molar-refractivity contribution in [2.24, 2.45) is 0 Å². The SMILES string of the molecule is CCN(CCCCCC(C)(C)O)C(O)CCCc1ccc(NS(C)(=O)=O)cc1. The lowest BCUT2D eigenvalue weighted by Gasteiger charge is -2.26. The number of aliphatic hydroxyl groups is 2. The first kappa shape index (κ1) is 24.9. The zero-order valence-electron chi connectivity index (χ0n) is 17.8. The Hall–Kier alpha value is -1.15. The summed E-state index contributed by atoms with van der Waals surface area (Å²) in [5.74, 6) is 0. The van der Waals surface area contributed by atoms with Crippen LogP contribution in [0.1, 0.15) is 64.9 Å². The smallest absolute Gasteiger partial charge is 0.229 e. The molecule has 0 aliphatic carbocycles. The van der Waals surface area contributed by atoms with Gasteiger partial charge in [0.1, 0.15) is 6.23 Å². The van der Waals surface area contributed by atoms with Crippen LogP contribution in [0, 0.1) is 0 Å². The number of nitrogens with one attached hydrogen (secondary N) is 1. The summed E-state index contributed by atoms with van der Waals surface area (Å²) in [7, 11) is -3.25. The molecule has 162 valence electrons. The number of rotatable bonds is 14. The van der Waals surface area contributed by atoms with Crippen molar-refractivity contribution in [3.63, 3.8) is 0 Å². The van der Waals surface area contributed by atoms with Crippen molar-refractivity contribution >= 4 is 15.7 Å². The number of aryl methyl sites for hydroxylation is 1. The molecule has 1 unspecified atom stereocenters. The molecule has 0 bridgehead atoms. The van der Waals surface area contributed by atoms with Crippen LogP contribution in [0.15, 0.2) is 24.3 Å². The van der Waals surface area contributed by atoms with Gasteiger partial charge < -0.3 is 10.2 Å². The summed E-state index contributed by atoms with van der Waals surface area (Å²) in [4.78, 5) is 2.10. The number of anilines is 1. The molecule has 0 amide bonds. The third-order valence-corrected chi connectivity index (χ3v) is 5.35. The number of hydrogen-bond acceptors (Lipinski definition) is 5. The standard InChI is InChI=1S/C21H38N2O4S/c1-5-23(17-8-6-7-16-21(2,3)25)20(24)11-9-10-18-12-14-19(15-13-18)22-28(4,26)27/h12-15,20,22,24-25H,5-11,16-17H2,1-4H3. The zero-order valence-corrected chi connectivity index (χ0v) is 18.6. The quantitative estimate of drug-likeness (QED) is 0.321. The van der Waals surface area contributed by atoms with Gasteiger partial charge in [-0.3, -0.25) is 9.62 Å². The second-order valence-electron chi connectivity index (χ2n) is 8.20. The Balaban J connectivity index is 2.30. The highest BCUT2D eigenvalue weighted by Gasteiger charge is 2.14. The van der Waals surface area contributed by atoms with E-state index in [1.54, 1.807) is 12.1 Å². The summed E-state index contributed by atoms with van der Waals surface area (Å²) in [5.41, 5.74) is 1.09. The largest absolute Gasteiger partial charge is 0.390 e. The fraction of sp³-hybridized carbons (Fsp3) is 0.714. The molecule has 3 N–H and O–H groups in total. The molecule has 1 aromatic carbocycles. The summed E-state index contributed by atoms with van der Waals surface area (Å²) in [6.07, 6.45) is 7.01. The molecule has 0 spiro atoms. The summed E-state index contributed by atoms with van der Waals surface area (Å²) >= 11 is 0. The van der Waals surface area contributed by atoms with Gasteiger partial charge in [-0.2, -0.15) is 0 Å². The van der Waals surface area contributed by atoms with Crippen LogP contribution in [-0.2, 0) is 16.4 Å². The molecule has 0 aliphatic heterocycles. The van der Waals surface area contributed by atoms with Gasteiger partial charge in [0, 0.05) is 12.2 Å². The highest BCUT2D eigenvalue weighted by Crippen LogP contribution is 2.16. The number of hydrogen-bond donors (Lipinski definition) is 3. The Morgan fingerprint density at radius 2 is 1.75 bits per heavy atom. The Morgan fingerprint density at radius 1 is 1.11 bits per heavy atom. The first-order valence-corrected chi connectivity index (χ1v) is 12.1. The number of aliphatic hydroxyl groups excluding tert-OH is 1. The number of unbranched alkanes of at least 4 members (excludes halogenated alkanes) is 2. The summed E-state index contributed by atoms with van der Waals surface area (Å²) in [5, 5.41) is 20.2. The number of benzene rings is 1. The minimum absolute atomic E-state index is 0.439. The van der Waals surface area contributed by atoms with Crippen molar-refractivity contribution in [1.29, 1.82) is 0 Å². The highest BCUT2D eigenvalue weighted by atomic mass is 32.2. The van der Waals surface area contributed by atoms with Crippen LogP contribution in [0.5, 0.6) is 0 Å². The van der Waals surface area contributed by atoms with E-state index in [9.17, 15) is 18.6 Å². The third-order valence-electron chi connectivity index (χ3n) is 4.75. The van der Waals surface area contributed by atoms with Gasteiger partial charge in [-0.15, -0.1) is 0 Å². The van der Waals surface area contributed by atoms with E-state index in [-0.39, 0.29) is 0 Å². The van der Waals surface area contributed by atoms with Gasteiger partial charge in [-0.05, 0) is 70.2 Å². The third kappa shape index (κ3) is 11.6. The lowest BCUT2D eigenvalue weighted by Crippen LogP contribution is -2.35. The number of nitrogens with zero attached hydrogens (tertiary/aromatic N) is 1. The van der Waals surface area contributed by atoms with Crippen molar-refractivity contribution < 1.29 is 18.6 Å². The lowest BCUT2D eigenvalue weighted by molar-refractivity contribution is -0.00168. The predicted molar refractivity (Wildman–Crippen MR) is 116 cm³/mol. The fourth-order valence-corrected chi connectivity index (χ4v) is 3.76. The maximum Gasteiger partial charge on any atom is 0.229 e. The first-order chi connectivity index (χ1) is 13.0. The lowest BCUT2D eigenvalue weighted by atomic mass is 10.0. The van der Waals surface area contributed by atoms with Crippen LogP contribution < -0.4 is 4.72 Å². The second-order valence-corrected chi connectivity index (χ2v) is 9.94. The Labute approximate surface area is 171 Å². The average Bonchev–Trinajstić information content (AvgIpc) is 2.57. The van der Waals surface area contributed by atoms with Gasteiger partial charge in [0.25, 0.3) is 0 Å². The van der Waals surface area contributed by atoms with Crippen molar-refractivity contribution in [3.8, 4) is 0 Å². The Morgan fingerprint density at radius 3 is 2.29 bits per heavy atom. The van der Waals surface area contributed by atoms with Crippen LogP contribution >= 0.6 is 0 Å². The van der Waals surface area contributed by atoms with Gasteiger partial charge >= 0.3 is 0 Å². The van der Waals surface area contributed by atoms with E-state index < -0.39 is 21.9 Å². The molecule has 6 nitrogen and oxygen atoms in total. The van der Waals surface area contributed by atoms with E-state index in [4.69, 9.17) is 0 Å². The first-order valence-electron chi connectivity index (χ1n) is 10.2. The molecule has 7 heteroatoms. The van der Waals surface area contributed by atoms with Crippen LogP contribution in [0.3, 0.4) is 0 Å². The van der Waals surface area contributed by atoms with Crippen LogP contribution in [-0.4, -0.2) is 54.7 Å². The molecule has 1 aromatic rings. The second kappa shape index (κ2) is 11.8. The van der Waals surface area contributed by atoms with Gasteiger partial charge in [0.2, 0.25) is 10.0 Å². The monoisotopic (exact) mass is 414 g/mol. The minimum Gasteiger partial charge on any atom is -0.390 e. The van der Waals surface area contributed by atoms with E-state index in [0.29, 0.717) is 12.1 Å². The van der Waals surface area contributed by atoms with Gasteiger partial charge in [-0.1, -0.05) is 31.9 Å². The zero-order chi connectivity index (χ0) is 21.2. The molecular formula is C21H38N2O4S. The molecule has 28 heavy (non-hydrogen) atoms. The molecule has 0 heterocycles. The van der Waals surface area contributed by atoms with Crippen molar-refractivity contribution in [2.45, 2.75) is 77.5 Å². The van der Waals surface area contributed by atoms with E-state index in [1.807, 2.05) is 26.0 Å². The normalized spacial score (nSPS) is 13.7. The van der Waals surface area contributed by atoms with Crippen molar-refractivity contribution in [2.75, 3.05) is 24.1 Å². The highest BCUT2D eigenvalue weighted by molar-refractivity contribution is 7.92. The Kier molecular flexibility index (Phi) is 10.4. The molecule has 1 rings (SSSR count). The van der Waals surface area contributed by atoms with Crippen molar-refractivity contribution in [1.82, 2.24) is 4.90 Å². The Bertz CT molecular complexity index is 654. The summed E-state index contributed by atoms with van der Waals surface area (Å²) in [6, 6.07) is 7.36. The van der Waals surface area contributed by atoms with E-state index in [2.05, 4.69) is 16.5 Å². The molecule has 0 aliphatic rings. The summed E-state index contributed by atoms with van der Waals surface area (Å²) < 4.78 is 24.9. The van der Waals surface area contributed by atoms with Crippen molar-refractivity contribution in [3.05, 3.63) is 29.8 Å². The molecule has 0 saturated heterocycles.